The van der Waals surface area contributed by atoms with Gasteiger partial charge in [-0.2, -0.15) is 5.26 Å². The molecule has 0 saturated carbocycles. The van der Waals surface area contributed by atoms with Gasteiger partial charge in [0.2, 0.25) is 0 Å². The SMILES string of the molecule is N#Cc1nc(CN)cc(C(F)F)c1O. The van der Waals surface area contributed by atoms with Gasteiger partial charge in [-0.3, -0.25) is 0 Å². The van der Waals surface area contributed by atoms with Crippen LogP contribution in [0.5, 0.6) is 5.75 Å². The zero-order chi connectivity index (χ0) is 10.7. The van der Waals surface area contributed by atoms with Crippen molar-refractivity contribution in [1.29, 1.82) is 5.26 Å². The van der Waals surface area contributed by atoms with E-state index in [-0.39, 0.29) is 12.2 Å². The molecule has 0 unspecified atom stereocenters. The van der Waals surface area contributed by atoms with Crippen molar-refractivity contribution < 1.29 is 13.9 Å². The molecule has 0 fully saturated rings. The van der Waals surface area contributed by atoms with Gasteiger partial charge in [0.25, 0.3) is 6.43 Å². The van der Waals surface area contributed by atoms with E-state index in [1.807, 2.05) is 0 Å². The van der Waals surface area contributed by atoms with Gasteiger partial charge in [0.05, 0.1) is 11.3 Å². The predicted molar refractivity (Wildman–Crippen MR) is 43.5 cm³/mol. The maximum absolute atomic E-state index is 12.3. The first-order chi connectivity index (χ1) is 6.60. The second kappa shape index (κ2) is 3.98. The molecule has 6 heteroatoms. The minimum absolute atomic E-state index is 0.0608. The van der Waals surface area contributed by atoms with Crippen molar-refractivity contribution in [3.63, 3.8) is 0 Å². The molecular formula is C8H7F2N3O. The number of nitrogens with two attached hydrogens (primary N) is 1. The Kier molecular flexibility index (Phi) is 2.94. The van der Waals surface area contributed by atoms with Crippen molar-refractivity contribution in [3.05, 3.63) is 23.0 Å². The quantitative estimate of drug-likeness (QED) is 0.745. The fourth-order valence-corrected chi connectivity index (χ4v) is 0.962. The van der Waals surface area contributed by atoms with Gasteiger partial charge in [-0.1, -0.05) is 0 Å². The zero-order valence-electron chi connectivity index (χ0n) is 7.04. The van der Waals surface area contributed by atoms with Crippen LogP contribution in [0.1, 0.15) is 23.4 Å². The van der Waals surface area contributed by atoms with Crippen molar-refractivity contribution >= 4 is 0 Å². The Morgan fingerprint density at radius 2 is 2.29 bits per heavy atom. The number of alkyl halides is 2. The van der Waals surface area contributed by atoms with Crippen molar-refractivity contribution in [2.24, 2.45) is 5.73 Å². The molecule has 0 amide bonds. The van der Waals surface area contributed by atoms with Crippen LogP contribution >= 0.6 is 0 Å². The first-order valence-electron chi connectivity index (χ1n) is 3.71. The molecule has 0 spiro atoms. The van der Waals surface area contributed by atoms with Crippen LogP contribution in [0.4, 0.5) is 8.78 Å². The monoisotopic (exact) mass is 199 g/mol. The van der Waals surface area contributed by atoms with E-state index in [1.54, 1.807) is 0 Å². The second-order valence-corrected chi connectivity index (χ2v) is 2.52. The number of hydrogen-bond donors (Lipinski definition) is 2. The van der Waals surface area contributed by atoms with Gasteiger partial charge in [0.1, 0.15) is 6.07 Å². The van der Waals surface area contributed by atoms with E-state index >= 15 is 0 Å². The summed E-state index contributed by atoms with van der Waals surface area (Å²) in [7, 11) is 0. The number of nitriles is 1. The van der Waals surface area contributed by atoms with Crippen molar-refractivity contribution in [3.8, 4) is 11.8 Å². The molecule has 1 rings (SSSR count). The van der Waals surface area contributed by atoms with Crippen LogP contribution in [0.25, 0.3) is 0 Å². The summed E-state index contributed by atoms with van der Waals surface area (Å²) in [4.78, 5) is 3.58. The summed E-state index contributed by atoms with van der Waals surface area (Å²) in [6.07, 6.45) is -2.85. The van der Waals surface area contributed by atoms with E-state index in [4.69, 9.17) is 11.0 Å². The molecule has 74 valence electrons. The summed E-state index contributed by atoms with van der Waals surface area (Å²) in [5, 5.41) is 17.7. The Balaban J connectivity index is 3.36. The molecule has 1 heterocycles. The maximum atomic E-state index is 12.3. The van der Waals surface area contributed by atoms with E-state index in [0.717, 1.165) is 6.07 Å². The molecule has 1 aromatic heterocycles. The zero-order valence-corrected chi connectivity index (χ0v) is 7.04. The predicted octanol–water partition coefficient (Wildman–Crippen LogP) is 1.06. The highest BCUT2D eigenvalue weighted by Gasteiger charge is 2.18. The average Bonchev–Trinajstić information content (AvgIpc) is 2.17. The fourth-order valence-electron chi connectivity index (χ4n) is 0.962. The van der Waals surface area contributed by atoms with E-state index in [0.29, 0.717) is 0 Å². The molecule has 0 aromatic carbocycles. The normalized spacial score (nSPS) is 10.2. The van der Waals surface area contributed by atoms with Crippen LogP contribution in [-0.4, -0.2) is 10.1 Å². The van der Waals surface area contributed by atoms with Gasteiger partial charge in [0, 0.05) is 6.54 Å². The lowest BCUT2D eigenvalue weighted by molar-refractivity contribution is 0.147. The van der Waals surface area contributed by atoms with Gasteiger partial charge in [-0.05, 0) is 6.07 Å². The highest BCUT2D eigenvalue weighted by molar-refractivity contribution is 5.44. The Bertz CT molecular complexity index is 387. The molecule has 0 radical (unpaired) electrons. The Labute approximate surface area is 78.6 Å². The molecule has 0 aliphatic heterocycles. The maximum Gasteiger partial charge on any atom is 0.267 e. The molecule has 0 bridgehead atoms. The lowest BCUT2D eigenvalue weighted by Gasteiger charge is -2.06. The van der Waals surface area contributed by atoms with Crippen LogP contribution in [0.2, 0.25) is 0 Å². The summed E-state index contributed by atoms with van der Waals surface area (Å²) in [5.74, 6) is -0.778. The molecule has 4 nitrogen and oxygen atoms in total. The first kappa shape index (κ1) is 10.3. The molecule has 0 aliphatic rings. The summed E-state index contributed by atoms with van der Waals surface area (Å²) >= 11 is 0. The van der Waals surface area contributed by atoms with Crippen LogP contribution < -0.4 is 5.73 Å². The lowest BCUT2D eigenvalue weighted by atomic mass is 10.1. The van der Waals surface area contributed by atoms with E-state index in [9.17, 15) is 13.9 Å². The Morgan fingerprint density at radius 3 is 2.71 bits per heavy atom. The molecule has 14 heavy (non-hydrogen) atoms. The second-order valence-electron chi connectivity index (χ2n) is 2.52. The van der Waals surface area contributed by atoms with E-state index in [1.165, 1.54) is 6.07 Å². The van der Waals surface area contributed by atoms with Crippen molar-refractivity contribution in [2.45, 2.75) is 13.0 Å². The minimum atomic E-state index is -2.85. The molecule has 0 aliphatic carbocycles. The third-order valence-electron chi connectivity index (χ3n) is 1.63. The first-order valence-corrected chi connectivity index (χ1v) is 3.71. The number of aromatic hydroxyl groups is 1. The summed E-state index contributed by atoms with van der Waals surface area (Å²) < 4.78 is 24.6. The van der Waals surface area contributed by atoms with E-state index < -0.39 is 23.4 Å². The third-order valence-corrected chi connectivity index (χ3v) is 1.63. The van der Waals surface area contributed by atoms with Gasteiger partial charge in [0.15, 0.2) is 11.4 Å². The summed E-state index contributed by atoms with van der Waals surface area (Å²) in [6, 6.07) is 2.50. The summed E-state index contributed by atoms with van der Waals surface area (Å²) in [6.45, 7) is -0.0608. The van der Waals surface area contributed by atoms with Gasteiger partial charge in [-0.25, -0.2) is 13.8 Å². The van der Waals surface area contributed by atoms with Crippen LogP contribution in [0, 0.1) is 11.3 Å². The number of nitrogens with zero attached hydrogens (tertiary/aromatic N) is 2. The number of aromatic nitrogens is 1. The van der Waals surface area contributed by atoms with Gasteiger partial charge in [-0.15, -0.1) is 0 Å². The van der Waals surface area contributed by atoms with Gasteiger partial charge >= 0.3 is 0 Å². The largest absolute Gasteiger partial charge is 0.505 e. The van der Waals surface area contributed by atoms with Crippen LogP contribution in [0.15, 0.2) is 6.07 Å². The van der Waals surface area contributed by atoms with E-state index in [2.05, 4.69) is 4.98 Å². The Morgan fingerprint density at radius 1 is 1.64 bits per heavy atom. The van der Waals surface area contributed by atoms with Crippen molar-refractivity contribution in [1.82, 2.24) is 4.98 Å². The van der Waals surface area contributed by atoms with Crippen molar-refractivity contribution in [2.75, 3.05) is 0 Å². The van der Waals surface area contributed by atoms with Gasteiger partial charge < -0.3 is 10.8 Å². The molecular weight excluding hydrogens is 192 g/mol. The molecule has 0 saturated heterocycles. The minimum Gasteiger partial charge on any atom is -0.505 e. The van der Waals surface area contributed by atoms with Crippen LogP contribution in [-0.2, 0) is 6.54 Å². The number of hydrogen-bond acceptors (Lipinski definition) is 4. The third kappa shape index (κ3) is 1.78. The molecule has 3 N–H and O–H groups in total. The highest BCUT2D eigenvalue weighted by Crippen LogP contribution is 2.30. The number of halogens is 2. The smallest absolute Gasteiger partial charge is 0.267 e. The lowest BCUT2D eigenvalue weighted by Crippen LogP contribution is -2.03. The number of rotatable bonds is 2. The number of pyridine rings is 1. The fraction of sp³-hybridized carbons (Fsp3) is 0.250. The van der Waals surface area contributed by atoms with Crippen LogP contribution in [0.3, 0.4) is 0 Å². The topological polar surface area (TPSA) is 82.9 Å². The average molecular weight is 199 g/mol. The Hall–Kier alpha value is -1.74. The highest BCUT2D eigenvalue weighted by atomic mass is 19.3. The summed E-state index contributed by atoms with van der Waals surface area (Å²) in [5.41, 5.74) is 4.30. The molecule has 0 atom stereocenters. The molecule has 1 aromatic rings. The standard InChI is InChI=1S/C8H7F2N3O/c9-8(10)5-1-4(2-11)13-6(3-12)7(5)14/h1,8,14H,2,11H2.